The summed E-state index contributed by atoms with van der Waals surface area (Å²) in [5, 5.41) is 3.02. The van der Waals surface area contributed by atoms with Crippen molar-refractivity contribution >= 4 is 5.95 Å². The van der Waals surface area contributed by atoms with Crippen LogP contribution in [0.25, 0.3) is 0 Å². The molecule has 2 fully saturated rings. The fourth-order valence-electron chi connectivity index (χ4n) is 6.82. The van der Waals surface area contributed by atoms with Gasteiger partial charge in [-0.15, -0.1) is 0 Å². The number of allylic oxidation sites excluding steroid dienone is 1. The van der Waals surface area contributed by atoms with E-state index in [0.717, 1.165) is 30.9 Å². The van der Waals surface area contributed by atoms with Crippen molar-refractivity contribution in [2.24, 2.45) is 17.8 Å². The Labute approximate surface area is 264 Å². The number of halogens is 4. The van der Waals surface area contributed by atoms with Crippen molar-refractivity contribution < 1.29 is 27.0 Å². The van der Waals surface area contributed by atoms with Gasteiger partial charge in [0.15, 0.2) is 6.61 Å². The number of likely N-dealkylation sites (tertiary alicyclic amines) is 1. The molecule has 5 rings (SSSR count). The largest absolute Gasteiger partial charge is 0.454 e. The van der Waals surface area contributed by atoms with Crippen molar-refractivity contribution in [3.8, 4) is 6.01 Å². The smallest absolute Gasteiger partial charge is 0.422 e. The first-order valence-electron chi connectivity index (χ1n) is 16.5. The standard InChI is InChI=1S/C34H47F4N5O2/c1-22(2)43-16-14-24(15-17-43)5-4-23(3)18-28-20-44-30(28)26-8-10-27(11-9-26)31-40-32(39-19-25-6-12-29(35)13-7-25)42-33(41-31)45-21-34(36,37)38/h6-8,12-13,22-24,27-28,30H,4-5,9-11,14-21H2,1-3H3,(H,39,40,41,42). The van der Waals surface area contributed by atoms with Crippen LogP contribution in [0.2, 0.25) is 0 Å². The highest BCUT2D eigenvalue weighted by Gasteiger charge is 2.37. The first kappa shape index (κ1) is 33.6. The lowest BCUT2D eigenvalue weighted by Gasteiger charge is -2.41. The molecule has 1 aliphatic carbocycles. The minimum Gasteiger partial charge on any atom is -0.454 e. The number of nitrogens with one attached hydrogen (secondary N) is 1. The van der Waals surface area contributed by atoms with Gasteiger partial charge in [-0.1, -0.05) is 38.0 Å². The monoisotopic (exact) mass is 633 g/mol. The van der Waals surface area contributed by atoms with Gasteiger partial charge in [-0.25, -0.2) is 4.39 Å². The van der Waals surface area contributed by atoms with Gasteiger partial charge in [-0.2, -0.15) is 28.1 Å². The summed E-state index contributed by atoms with van der Waals surface area (Å²) in [6, 6.07) is 6.20. The molecule has 0 amide bonds. The third-order valence-electron chi connectivity index (χ3n) is 9.61. The van der Waals surface area contributed by atoms with Gasteiger partial charge in [0.2, 0.25) is 5.95 Å². The maximum absolute atomic E-state index is 13.3. The van der Waals surface area contributed by atoms with Crippen molar-refractivity contribution in [1.29, 1.82) is 0 Å². The van der Waals surface area contributed by atoms with Crippen molar-refractivity contribution in [1.82, 2.24) is 19.9 Å². The molecule has 4 unspecified atom stereocenters. The molecule has 0 radical (unpaired) electrons. The highest BCUT2D eigenvalue weighted by atomic mass is 19.4. The molecule has 2 aromatic rings. The lowest BCUT2D eigenvalue weighted by Crippen LogP contribution is -2.42. The number of benzene rings is 1. The fourth-order valence-corrected chi connectivity index (χ4v) is 6.82. The number of anilines is 1. The lowest BCUT2D eigenvalue weighted by atomic mass is 9.77. The molecule has 0 bridgehead atoms. The molecule has 3 aliphatic rings. The summed E-state index contributed by atoms with van der Waals surface area (Å²) in [7, 11) is 0. The highest BCUT2D eigenvalue weighted by molar-refractivity contribution is 5.30. The Morgan fingerprint density at radius 3 is 2.42 bits per heavy atom. The quantitative estimate of drug-likeness (QED) is 0.179. The third-order valence-corrected chi connectivity index (χ3v) is 9.61. The van der Waals surface area contributed by atoms with Gasteiger partial charge in [0.1, 0.15) is 11.6 Å². The predicted octanol–water partition coefficient (Wildman–Crippen LogP) is 7.70. The molecule has 0 saturated carbocycles. The van der Waals surface area contributed by atoms with Gasteiger partial charge in [0.25, 0.3) is 0 Å². The summed E-state index contributed by atoms with van der Waals surface area (Å²) < 4.78 is 62.8. The molecule has 45 heavy (non-hydrogen) atoms. The Morgan fingerprint density at radius 2 is 1.80 bits per heavy atom. The molecule has 11 heteroatoms. The van der Waals surface area contributed by atoms with E-state index in [-0.39, 0.29) is 36.3 Å². The molecule has 0 spiro atoms. The minimum absolute atomic E-state index is 0.0732. The van der Waals surface area contributed by atoms with E-state index in [0.29, 0.717) is 30.1 Å². The fraction of sp³-hybridized carbons (Fsp3) is 0.676. The number of hydrogen-bond acceptors (Lipinski definition) is 7. The first-order chi connectivity index (χ1) is 21.5. The number of alkyl halides is 3. The van der Waals surface area contributed by atoms with E-state index < -0.39 is 12.8 Å². The third kappa shape index (κ3) is 9.85. The average Bonchev–Trinajstić information content (AvgIpc) is 3.01. The van der Waals surface area contributed by atoms with Crippen LogP contribution in [0.4, 0.5) is 23.5 Å². The van der Waals surface area contributed by atoms with Crippen LogP contribution in [0.15, 0.2) is 35.9 Å². The van der Waals surface area contributed by atoms with Crippen molar-refractivity contribution in [3.05, 3.63) is 53.1 Å². The number of ether oxygens (including phenoxy) is 2. The van der Waals surface area contributed by atoms with E-state index in [4.69, 9.17) is 9.47 Å². The van der Waals surface area contributed by atoms with Crippen LogP contribution in [-0.2, 0) is 11.3 Å². The Kier molecular flexibility index (Phi) is 11.3. The van der Waals surface area contributed by atoms with Gasteiger partial charge in [-0.05, 0) is 101 Å². The second-order valence-corrected chi connectivity index (χ2v) is 13.4. The van der Waals surface area contributed by atoms with Gasteiger partial charge in [0, 0.05) is 24.4 Å². The number of piperidine rings is 1. The Bertz CT molecular complexity index is 1260. The Hall–Kier alpha value is -2.79. The van der Waals surface area contributed by atoms with E-state index in [2.05, 4.69) is 52.0 Å². The topological polar surface area (TPSA) is 72.4 Å². The molecule has 1 aromatic carbocycles. The molecule has 2 aliphatic heterocycles. The van der Waals surface area contributed by atoms with Crippen LogP contribution in [0.3, 0.4) is 0 Å². The number of aromatic nitrogens is 3. The van der Waals surface area contributed by atoms with E-state index in [9.17, 15) is 17.6 Å². The first-order valence-corrected chi connectivity index (χ1v) is 16.5. The number of hydrogen-bond donors (Lipinski definition) is 1. The molecular weight excluding hydrogens is 586 g/mol. The second kappa shape index (κ2) is 15.2. The lowest BCUT2D eigenvalue weighted by molar-refractivity contribution is -0.154. The van der Waals surface area contributed by atoms with E-state index in [1.165, 1.54) is 62.9 Å². The zero-order chi connectivity index (χ0) is 32.0. The molecule has 1 aromatic heterocycles. The zero-order valence-corrected chi connectivity index (χ0v) is 26.7. The van der Waals surface area contributed by atoms with Crippen molar-refractivity contribution in [3.63, 3.8) is 0 Å². The van der Waals surface area contributed by atoms with Gasteiger partial charge >= 0.3 is 12.2 Å². The minimum atomic E-state index is -4.51. The van der Waals surface area contributed by atoms with Gasteiger partial charge in [0.05, 0.1) is 12.7 Å². The summed E-state index contributed by atoms with van der Waals surface area (Å²) >= 11 is 0. The van der Waals surface area contributed by atoms with Crippen LogP contribution in [0.1, 0.15) is 89.4 Å². The molecule has 2 saturated heterocycles. The molecule has 4 atom stereocenters. The molecular formula is C34H47F4N5O2. The normalized spacial score (nSPS) is 23.8. The second-order valence-electron chi connectivity index (χ2n) is 13.4. The van der Waals surface area contributed by atoms with Crippen LogP contribution >= 0.6 is 0 Å². The van der Waals surface area contributed by atoms with Crippen LogP contribution in [0, 0.1) is 23.6 Å². The summed E-state index contributed by atoms with van der Waals surface area (Å²) in [5.41, 5.74) is 2.09. The number of rotatable bonds is 13. The van der Waals surface area contributed by atoms with Crippen LogP contribution < -0.4 is 10.1 Å². The van der Waals surface area contributed by atoms with Gasteiger partial charge < -0.3 is 19.7 Å². The van der Waals surface area contributed by atoms with E-state index >= 15 is 0 Å². The van der Waals surface area contributed by atoms with Crippen molar-refractivity contribution in [2.45, 2.75) is 103 Å². The Morgan fingerprint density at radius 1 is 1.04 bits per heavy atom. The van der Waals surface area contributed by atoms with Gasteiger partial charge in [-0.3, -0.25) is 0 Å². The Balaban J connectivity index is 1.14. The maximum Gasteiger partial charge on any atom is 0.422 e. The summed E-state index contributed by atoms with van der Waals surface area (Å²) in [4.78, 5) is 15.4. The molecule has 7 nitrogen and oxygen atoms in total. The summed E-state index contributed by atoms with van der Waals surface area (Å²) in [6.07, 6.45) is 6.51. The highest BCUT2D eigenvalue weighted by Crippen LogP contribution is 2.40. The average molecular weight is 634 g/mol. The molecule has 3 heterocycles. The number of nitrogens with zero attached hydrogens (tertiary/aromatic N) is 4. The van der Waals surface area contributed by atoms with Crippen molar-refractivity contribution in [2.75, 3.05) is 31.6 Å². The van der Waals surface area contributed by atoms with E-state index in [1.54, 1.807) is 12.1 Å². The van der Waals surface area contributed by atoms with Crippen LogP contribution in [-0.4, -0.2) is 64.5 Å². The maximum atomic E-state index is 13.3. The summed E-state index contributed by atoms with van der Waals surface area (Å²) in [5.74, 6) is 2.15. The molecule has 1 N–H and O–H groups in total. The molecule has 248 valence electrons. The zero-order valence-electron chi connectivity index (χ0n) is 26.7. The van der Waals surface area contributed by atoms with Crippen LogP contribution in [0.5, 0.6) is 6.01 Å². The SMILES string of the molecule is CC(CCC1CCN(C(C)C)CC1)CC1COC1C1=CCC(c2nc(NCc3ccc(F)cc3)nc(OCC(F)(F)F)n2)CC1. The predicted molar refractivity (Wildman–Crippen MR) is 165 cm³/mol. The van der Waals surface area contributed by atoms with E-state index in [1.807, 2.05) is 0 Å². The summed E-state index contributed by atoms with van der Waals surface area (Å²) in [6.45, 7) is 9.00.